The maximum absolute atomic E-state index is 13.1. The molecule has 3 heteroatoms. The van der Waals surface area contributed by atoms with Gasteiger partial charge in [0.05, 0.1) is 0 Å². The van der Waals surface area contributed by atoms with Crippen molar-refractivity contribution in [3.8, 4) is 0 Å². The molecule has 0 unspecified atom stereocenters. The predicted octanol–water partition coefficient (Wildman–Crippen LogP) is 4.27. The molecular weight excluding hydrogens is 306 g/mol. The molecule has 0 aromatic heterocycles. The van der Waals surface area contributed by atoms with E-state index in [0.717, 1.165) is 11.1 Å². The molecule has 0 N–H and O–H groups in total. The summed E-state index contributed by atoms with van der Waals surface area (Å²) in [4.78, 5) is 13.1. The molecular formula is C19H24OP2. The first-order chi connectivity index (χ1) is 10.3. The molecule has 2 aromatic carbocycles. The number of carbonyl (C=O) groups is 1. The number of hydrogen-bond donors (Lipinski definition) is 0. The summed E-state index contributed by atoms with van der Waals surface area (Å²) in [6.45, 7) is 13.0. The Morgan fingerprint density at radius 2 is 1.09 bits per heavy atom. The van der Waals surface area contributed by atoms with Gasteiger partial charge in [0.25, 0.3) is 0 Å². The summed E-state index contributed by atoms with van der Waals surface area (Å²) in [5, 5.41) is 2.42. The van der Waals surface area contributed by atoms with E-state index >= 15 is 0 Å². The third-order valence-electron chi connectivity index (χ3n) is 3.76. The molecule has 0 bridgehead atoms. The maximum Gasteiger partial charge on any atom is 0.194 e. The van der Waals surface area contributed by atoms with E-state index in [1.807, 2.05) is 24.3 Å². The molecule has 0 saturated carbocycles. The number of rotatable bonds is 4. The van der Waals surface area contributed by atoms with Crippen molar-refractivity contribution in [2.45, 2.75) is 13.8 Å². The van der Waals surface area contributed by atoms with E-state index in [1.165, 1.54) is 21.7 Å². The first-order valence-corrected chi connectivity index (χ1v) is 11.9. The van der Waals surface area contributed by atoms with Gasteiger partial charge in [0.2, 0.25) is 0 Å². The van der Waals surface area contributed by atoms with Gasteiger partial charge in [-0.2, -0.15) is 0 Å². The van der Waals surface area contributed by atoms with Gasteiger partial charge in [-0.15, -0.1) is 0 Å². The summed E-state index contributed by atoms with van der Waals surface area (Å²) in [5.74, 6) is 0.178. The first kappa shape index (κ1) is 17.3. The normalized spacial score (nSPS) is 11.3. The molecule has 0 atom stereocenters. The zero-order valence-corrected chi connectivity index (χ0v) is 16.1. The van der Waals surface area contributed by atoms with E-state index in [-0.39, 0.29) is 21.6 Å². The van der Waals surface area contributed by atoms with Gasteiger partial charge >= 0.3 is 0 Å². The highest BCUT2D eigenvalue weighted by atomic mass is 31.1. The van der Waals surface area contributed by atoms with Gasteiger partial charge in [-0.3, -0.25) is 4.79 Å². The van der Waals surface area contributed by atoms with E-state index in [4.69, 9.17) is 0 Å². The molecule has 0 saturated heterocycles. The van der Waals surface area contributed by atoms with Gasteiger partial charge in [-0.05, 0) is 51.1 Å². The fraction of sp³-hybridized carbons (Fsp3) is 0.316. The Morgan fingerprint density at radius 3 is 1.41 bits per heavy atom. The topological polar surface area (TPSA) is 17.1 Å². The average Bonchev–Trinajstić information content (AvgIpc) is 2.46. The third kappa shape index (κ3) is 3.65. The van der Waals surface area contributed by atoms with Crippen molar-refractivity contribution in [3.63, 3.8) is 0 Å². The van der Waals surface area contributed by atoms with Crippen LogP contribution in [-0.4, -0.2) is 32.4 Å². The lowest BCUT2D eigenvalue weighted by molar-refractivity contribution is 0.104. The zero-order chi connectivity index (χ0) is 16.4. The summed E-state index contributed by atoms with van der Waals surface area (Å²) >= 11 is 0. The molecule has 0 heterocycles. The molecule has 116 valence electrons. The van der Waals surface area contributed by atoms with Crippen molar-refractivity contribution < 1.29 is 4.79 Å². The fourth-order valence-electron chi connectivity index (χ4n) is 2.55. The lowest BCUT2D eigenvalue weighted by Crippen LogP contribution is -2.20. The van der Waals surface area contributed by atoms with Crippen molar-refractivity contribution >= 4 is 32.2 Å². The van der Waals surface area contributed by atoms with Crippen LogP contribution in [-0.2, 0) is 0 Å². The van der Waals surface area contributed by atoms with Gasteiger partial charge < -0.3 is 0 Å². The third-order valence-corrected chi connectivity index (χ3v) is 6.43. The summed E-state index contributed by atoms with van der Waals surface area (Å²) in [6.07, 6.45) is 0. The molecule has 0 amide bonds. The van der Waals surface area contributed by atoms with E-state index < -0.39 is 0 Å². The Balaban J connectivity index is 2.58. The minimum Gasteiger partial charge on any atom is -0.289 e. The SMILES string of the molecule is Cc1ccc(C(=O)c2ccc(C)cc2P(C)C)c(P(C)C)c1. The fourth-order valence-corrected chi connectivity index (χ4v) is 4.79. The number of benzene rings is 2. The van der Waals surface area contributed by atoms with E-state index in [0.29, 0.717) is 0 Å². The van der Waals surface area contributed by atoms with Crippen LogP contribution in [0.25, 0.3) is 0 Å². The summed E-state index contributed by atoms with van der Waals surface area (Å²) in [7, 11) is -0.604. The Hall–Kier alpha value is -1.03. The maximum atomic E-state index is 13.1. The van der Waals surface area contributed by atoms with E-state index in [9.17, 15) is 4.79 Å². The van der Waals surface area contributed by atoms with Gasteiger partial charge in [0.1, 0.15) is 0 Å². The van der Waals surface area contributed by atoms with Crippen molar-refractivity contribution in [1.82, 2.24) is 0 Å². The van der Waals surface area contributed by atoms with Crippen LogP contribution in [0, 0.1) is 13.8 Å². The van der Waals surface area contributed by atoms with Gasteiger partial charge in [-0.25, -0.2) is 0 Å². The summed E-state index contributed by atoms with van der Waals surface area (Å²) < 4.78 is 0. The second-order valence-electron chi connectivity index (χ2n) is 6.16. The van der Waals surface area contributed by atoms with Crippen LogP contribution in [0.5, 0.6) is 0 Å². The molecule has 0 aliphatic heterocycles. The number of hydrogen-bond acceptors (Lipinski definition) is 1. The van der Waals surface area contributed by atoms with Crippen LogP contribution in [0.15, 0.2) is 36.4 Å². The van der Waals surface area contributed by atoms with Crippen LogP contribution in [0.2, 0.25) is 0 Å². The van der Waals surface area contributed by atoms with Crippen molar-refractivity contribution in [2.75, 3.05) is 26.7 Å². The van der Waals surface area contributed by atoms with Crippen LogP contribution in [0.3, 0.4) is 0 Å². The number of aryl methyl sites for hydroxylation is 2. The second-order valence-corrected chi connectivity index (χ2v) is 10.7. The quantitative estimate of drug-likeness (QED) is 0.604. The average molecular weight is 330 g/mol. The Kier molecular flexibility index (Phi) is 5.54. The van der Waals surface area contributed by atoms with Gasteiger partial charge in [0, 0.05) is 11.1 Å². The van der Waals surface area contributed by atoms with E-state index in [2.05, 4.69) is 52.6 Å². The summed E-state index contributed by atoms with van der Waals surface area (Å²) in [5.41, 5.74) is 4.20. The number of ketones is 1. The van der Waals surface area contributed by atoms with Crippen molar-refractivity contribution in [3.05, 3.63) is 58.7 Å². The lowest BCUT2D eigenvalue weighted by Gasteiger charge is -2.17. The Morgan fingerprint density at radius 1 is 0.727 bits per heavy atom. The van der Waals surface area contributed by atoms with Crippen LogP contribution >= 0.6 is 15.8 Å². The van der Waals surface area contributed by atoms with Crippen LogP contribution in [0.4, 0.5) is 0 Å². The largest absolute Gasteiger partial charge is 0.289 e. The van der Waals surface area contributed by atoms with Crippen molar-refractivity contribution in [2.24, 2.45) is 0 Å². The molecule has 22 heavy (non-hydrogen) atoms. The highest BCUT2D eigenvalue weighted by Crippen LogP contribution is 2.30. The molecule has 0 spiro atoms. The van der Waals surface area contributed by atoms with Gasteiger partial charge in [-0.1, -0.05) is 63.4 Å². The minimum absolute atomic E-state index is 0.178. The molecule has 0 aliphatic carbocycles. The highest BCUT2D eigenvalue weighted by molar-refractivity contribution is 7.64. The monoisotopic (exact) mass is 330 g/mol. The molecule has 2 aromatic rings. The Bertz CT molecular complexity index is 643. The van der Waals surface area contributed by atoms with Crippen LogP contribution in [0.1, 0.15) is 27.0 Å². The minimum atomic E-state index is -0.302. The summed E-state index contributed by atoms with van der Waals surface area (Å²) in [6, 6.07) is 12.5. The molecule has 0 aliphatic rings. The lowest BCUT2D eigenvalue weighted by atomic mass is 10.0. The number of carbonyl (C=O) groups excluding carboxylic acids is 1. The standard InChI is InChI=1S/C19H24OP2/c1-13-7-9-15(17(11-13)21(3)4)19(20)16-10-8-14(2)12-18(16)22(5)6/h7-12H,1-6H3. The molecule has 1 nitrogen and oxygen atoms in total. The first-order valence-electron chi connectivity index (χ1n) is 7.42. The second kappa shape index (κ2) is 7.03. The molecule has 0 fully saturated rings. The molecule has 2 rings (SSSR count). The van der Waals surface area contributed by atoms with Gasteiger partial charge in [0.15, 0.2) is 5.78 Å². The van der Waals surface area contributed by atoms with E-state index in [1.54, 1.807) is 0 Å². The smallest absolute Gasteiger partial charge is 0.194 e. The Labute approximate surface area is 136 Å². The van der Waals surface area contributed by atoms with Crippen molar-refractivity contribution in [1.29, 1.82) is 0 Å². The predicted molar refractivity (Wildman–Crippen MR) is 103 cm³/mol. The van der Waals surface area contributed by atoms with Crippen LogP contribution < -0.4 is 10.6 Å². The zero-order valence-electron chi connectivity index (χ0n) is 14.3. The molecule has 0 radical (unpaired) electrons. The highest BCUT2D eigenvalue weighted by Gasteiger charge is 2.19.